The Kier molecular flexibility index (Phi) is 6.50. The fourth-order valence-corrected chi connectivity index (χ4v) is 3.47. The van der Waals surface area contributed by atoms with E-state index in [4.69, 9.17) is 16.3 Å². The van der Waals surface area contributed by atoms with E-state index in [1.54, 1.807) is 13.2 Å². The molecule has 1 atom stereocenters. The molecule has 1 heterocycles. The maximum absolute atomic E-state index is 12.3. The maximum Gasteiger partial charge on any atom is 0.225 e. The second-order valence-corrected chi connectivity index (χ2v) is 6.68. The minimum absolute atomic E-state index is 0.0320. The van der Waals surface area contributed by atoms with Crippen LogP contribution in [0.1, 0.15) is 18.0 Å². The van der Waals surface area contributed by atoms with Gasteiger partial charge in [0.1, 0.15) is 5.75 Å². The van der Waals surface area contributed by atoms with Crippen molar-refractivity contribution in [3.05, 3.63) is 59.1 Å². The van der Waals surface area contributed by atoms with Crippen molar-refractivity contribution in [3.63, 3.8) is 0 Å². The molecule has 1 aliphatic heterocycles. The Balaban J connectivity index is 1.63. The zero-order valence-corrected chi connectivity index (χ0v) is 15.6. The molecule has 138 valence electrons. The number of amides is 1. The SMILES string of the molecule is COc1ccccc1C1CNCCN1CCC(=O)Nc1ccccc1Cl. The number of hydrogen-bond acceptors (Lipinski definition) is 4. The average molecular weight is 374 g/mol. The summed E-state index contributed by atoms with van der Waals surface area (Å²) in [6.45, 7) is 3.33. The summed E-state index contributed by atoms with van der Waals surface area (Å²) in [5.41, 5.74) is 1.80. The number of methoxy groups -OCH3 is 1. The first-order chi connectivity index (χ1) is 12.7. The van der Waals surface area contributed by atoms with Gasteiger partial charge in [0.25, 0.3) is 0 Å². The van der Waals surface area contributed by atoms with Gasteiger partial charge in [-0.25, -0.2) is 0 Å². The molecule has 1 saturated heterocycles. The number of ether oxygens (including phenoxy) is 1. The molecule has 0 radical (unpaired) electrons. The average Bonchev–Trinajstić information content (AvgIpc) is 2.68. The summed E-state index contributed by atoms with van der Waals surface area (Å²) >= 11 is 6.11. The summed E-state index contributed by atoms with van der Waals surface area (Å²) in [5, 5.41) is 6.87. The number of nitrogens with one attached hydrogen (secondary N) is 2. The minimum atomic E-state index is -0.0320. The van der Waals surface area contributed by atoms with E-state index in [2.05, 4.69) is 21.6 Å². The third kappa shape index (κ3) is 4.55. The number of anilines is 1. The molecule has 1 aliphatic rings. The molecule has 1 amide bonds. The van der Waals surface area contributed by atoms with Crippen LogP contribution in [0.15, 0.2) is 48.5 Å². The minimum Gasteiger partial charge on any atom is -0.496 e. The lowest BCUT2D eigenvalue weighted by Gasteiger charge is -2.37. The van der Waals surface area contributed by atoms with Crippen LogP contribution in [0, 0.1) is 0 Å². The lowest BCUT2D eigenvalue weighted by molar-refractivity contribution is -0.116. The second-order valence-electron chi connectivity index (χ2n) is 6.28. The molecule has 0 bridgehead atoms. The molecule has 3 rings (SSSR count). The Hall–Kier alpha value is -2.08. The Labute approximate surface area is 159 Å². The number of para-hydroxylation sites is 2. The van der Waals surface area contributed by atoms with Crippen LogP contribution in [0.5, 0.6) is 5.75 Å². The predicted octanol–water partition coefficient (Wildman–Crippen LogP) is 3.32. The van der Waals surface area contributed by atoms with Crippen molar-refractivity contribution in [1.29, 1.82) is 0 Å². The van der Waals surface area contributed by atoms with Crippen LogP contribution in [0.3, 0.4) is 0 Å². The van der Waals surface area contributed by atoms with Crippen molar-refractivity contribution in [2.24, 2.45) is 0 Å². The van der Waals surface area contributed by atoms with E-state index in [-0.39, 0.29) is 11.9 Å². The highest BCUT2D eigenvalue weighted by Gasteiger charge is 2.26. The molecule has 6 heteroatoms. The summed E-state index contributed by atoms with van der Waals surface area (Å²) in [5.74, 6) is 0.849. The van der Waals surface area contributed by atoms with E-state index in [0.29, 0.717) is 23.7 Å². The first kappa shape index (κ1) is 18.7. The molecular formula is C20H24ClN3O2. The van der Waals surface area contributed by atoms with Gasteiger partial charge in [-0.1, -0.05) is 41.9 Å². The molecule has 0 saturated carbocycles. The van der Waals surface area contributed by atoms with Crippen LogP contribution >= 0.6 is 11.6 Å². The van der Waals surface area contributed by atoms with E-state index in [1.165, 1.54) is 0 Å². The summed E-state index contributed by atoms with van der Waals surface area (Å²) < 4.78 is 5.52. The zero-order valence-electron chi connectivity index (χ0n) is 14.9. The standard InChI is InChI=1S/C20H24ClN3O2/c1-26-19-9-5-2-6-15(19)18-14-22-11-13-24(18)12-10-20(25)23-17-8-4-3-7-16(17)21/h2-9,18,22H,10-14H2,1H3,(H,23,25). The van der Waals surface area contributed by atoms with Gasteiger partial charge in [-0.15, -0.1) is 0 Å². The van der Waals surface area contributed by atoms with Crippen LogP contribution in [0.25, 0.3) is 0 Å². The van der Waals surface area contributed by atoms with E-state index < -0.39 is 0 Å². The first-order valence-corrected chi connectivity index (χ1v) is 9.19. The first-order valence-electron chi connectivity index (χ1n) is 8.81. The quantitative estimate of drug-likeness (QED) is 0.815. The van der Waals surface area contributed by atoms with Gasteiger partial charge in [0.05, 0.1) is 23.9 Å². The van der Waals surface area contributed by atoms with Gasteiger partial charge in [0.15, 0.2) is 0 Å². The fourth-order valence-electron chi connectivity index (χ4n) is 3.28. The number of hydrogen-bond donors (Lipinski definition) is 2. The summed E-state index contributed by atoms with van der Waals surface area (Å²) in [7, 11) is 1.69. The normalized spacial score (nSPS) is 17.7. The molecule has 1 unspecified atom stereocenters. The topological polar surface area (TPSA) is 53.6 Å². The largest absolute Gasteiger partial charge is 0.496 e. The van der Waals surface area contributed by atoms with E-state index in [0.717, 1.165) is 30.9 Å². The molecule has 2 aromatic carbocycles. The van der Waals surface area contributed by atoms with Gasteiger partial charge in [-0.05, 0) is 18.2 Å². The van der Waals surface area contributed by atoms with Crippen molar-refractivity contribution < 1.29 is 9.53 Å². The number of carbonyl (C=O) groups excluding carboxylic acids is 1. The molecular weight excluding hydrogens is 350 g/mol. The highest BCUT2D eigenvalue weighted by Crippen LogP contribution is 2.30. The van der Waals surface area contributed by atoms with Gasteiger partial charge < -0.3 is 15.4 Å². The molecule has 5 nitrogen and oxygen atoms in total. The Morgan fingerprint density at radius 2 is 2.04 bits per heavy atom. The fraction of sp³-hybridized carbons (Fsp3) is 0.350. The summed E-state index contributed by atoms with van der Waals surface area (Å²) in [4.78, 5) is 14.7. The third-order valence-electron chi connectivity index (χ3n) is 4.63. The van der Waals surface area contributed by atoms with Gasteiger partial charge >= 0.3 is 0 Å². The number of rotatable bonds is 6. The van der Waals surface area contributed by atoms with Crippen molar-refractivity contribution in [3.8, 4) is 5.75 Å². The van der Waals surface area contributed by atoms with Crippen LogP contribution in [0.2, 0.25) is 5.02 Å². The highest BCUT2D eigenvalue weighted by atomic mass is 35.5. The summed E-state index contributed by atoms with van der Waals surface area (Å²) in [6, 6.07) is 15.5. The molecule has 26 heavy (non-hydrogen) atoms. The predicted molar refractivity (Wildman–Crippen MR) is 105 cm³/mol. The molecule has 1 fully saturated rings. The highest BCUT2D eigenvalue weighted by molar-refractivity contribution is 6.33. The lowest BCUT2D eigenvalue weighted by Crippen LogP contribution is -2.46. The van der Waals surface area contributed by atoms with Gasteiger partial charge in [-0.3, -0.25) is 9.69 Å². The molecule has 0 spiro atoms. The molecule has 2 N–H and O–H groups in total. The lowest BCUT2D eigenvalue weighted by atomic mass is 10.0. The van der Waals surface area contributed by atoms with E-state index >= 15 is 0 Å². The van der Waals surface area contributed by atoms with Crippen molar-refractivity contribution in [2.45, 2.75) is 12.5 Å². The van der Waals surface area contributed by atoms with E-state index in [1.807, 2.05) is 36.4 Å². The molecule has 0 aromatic heterocycles. The second kappa shape index (κ2) is 9.03. The number of nitrogens with zero attached hydrogens (tertiary/aromatic N) is 1. The number of piperazine rings is 1. The van der Waals surface area contributed by atoms with Crippen molar-refractivity contribution in [1.82, 2.24) is 10.2 Å². The third-order valence-corrected chi connectivity index (χ3v) is 4.96. The van der Waals surface area contributed by atoms with Crippen LogP contribution in [-0.2, 0) is 4.79 Å². The van der Waals surface area contributed by atoms with Crippen LogP contribution in [0.4, 0.5) is 5.69 Å². The van der Waals surface area contributed by atoms with Crippen LogP contribution in [-0.4, -0.2) is 44.1 Å². The molecule has 0 aliphatic carbocycles. The number of halogens is 1. The van der Waals surface area contributed by atoms with Crippen LogP contribution < -0.4 is 15.4 Å². The smallest absolute Gasteiger partial charge is 0.225 e. The van der Waals surface area contributed by atoms with Crippen molar-refractivity contribution in [2.75, 3.05) is 38.6 Å². The van der Waals surface area contributed by atoms with Gasteiger partial charge in [0, 0.05) is 38.2 Å². The van der Waals surface area contributed by atoms with Crippen molar-refractivity contribution >= 4 is 23.2 Å². The number of carbonyl (C=O) groups is 1. The number of benzene rings is 2. The Morgan fingerprint density at radius 1 is 1.27 bits per heavy atom. The maximum atomic E-state index is 12.3. The summed E-state index contributed by atoms with van der Waals surface area (Å²) in [6.07, 6.45) is 0.414. The Morgan fingerprint density at radius 3 is 2.85 bits per heavy atom. The zero-order chi connectivity index (χ0) is 18.4. The molecule has 2 aromatic rings. The Bertz CT molecular complexity index is 753. The van der Waals surface area contributed by atoms with Gasteiger partial charge in [0.2, 0.25) is 5.91 Å². The van der Waals surface area contributed by atoms with Gasteiger partial charge in [-0.2, -0.15) is 0 Å². The monoisotopic (exact) mass is 373 g/mol. The van der Waals surface area contributed by atoms with E-state index in [9.17, 15) is 4.79 Å².